The summed E-state index contributed by atoms with van der Waals surface area (Å²) in [5.41, 5.74) is 5.79. The topological polar surface area (TPSA) is 66.1 Å². The maximum atomic E-state index is 15.2. The van der Waals surface area contributed by atoms with Crippen LogP contribution in [0.3, 0.4) is 0 Å². The Hall–Kier alpha value is -3.98. The molecule has 8 nitrogen and oxygen atoms in total. The summed E-state index contributed by atoms with van der Waals surface area (Å²) < 4.78 is 19.3. The number of carbonyl (C=O) groups is 2. The van der Waals surface area contributed by atoms with Gasteiger partial charge in [-0.1, -0.05) is 6.07 Å². The summed E-state index contributed by atoms with van der Waals surface area (Å²) in [5.74, 6) is 0.260. The predicted molar refractivity (Wildman–Crippen MR) is 157 cm³/mol. The first-order chi connectivity index (χ1) is 19.9. The number of nitrogens with zero attached hydrogens (tertiary/aromatic N) is 6. The lowest BCUT2D eigenvalue weighted by molar-refractivity contribution is -0.113. The number of piperidine rings is 1. The minimum Gasteiger partial charge on any atom is -0.345 e. The van der Waals surface area contributed by atoms with E-state index in [0.717, 1.165) is 71.4 Å². The maximum absolute atomic E-state index is 15.2. The Morgan fingerprint density at radius 2 is 1.95 bits per heavy atom. The standard InChI is InChI=1S/C32H35FN6O2/c1-35-11-8-21(9-12-35)18-36(2)32(41)38-14-13-37-20-26(25-16-23(33)15-22(19-38)31(25)37)24-6-7-28(40)30(24)27-17-34-29-5-3-4-10-39(27)29/h3-5,10,15-17,20-21H,6-9,11-14,18-19H2,1-2H3. The number of carbonyl (C=O) groups excluding carboxylic acids is 2. The molecule has 0 unspecified atom stereocenters. The van der Waals surface area contributed by atoms with Crippen LogP contribution in [0.25, 0.3) is 27.7 Å². The number of amides is 2. The number of hydrogen-bond acceptors (Lipinski definition) is 4. The second kappa shape index (κ2) is 10.1. The Bertz CT molecular complexity index is 1710. The Kier molecular flexibility index (Phi) is 6.42. The highest BCUT2D eigenvalue weighted by molar-refractivity contribution is 6.31. The van der Waals surface area contributed by atoms with Gasteiger partial charge in [0.1, 0.15) is 11.5 Å². The number of ketones is 1. The highest BCUT2D eigenvalue weighted by Crippen LogP contribution is 2.42. The zero-order valence-corrected chi connectivity index (χ0v) is 23.6. The predicted octanol–water partition coefficient (Wildman–Crippen LogP) is 4.91. The SMILES string of the molecule is CN1CCC(CN(C)C(=O)N2CCn3cc(C4=C(c5cnc6ccccn56)C(=O)CC4)c4cc(F)cc(c43)C2)CC1. The zero-order valence-electron chi connectivity index (χ0n) is 23.6. The van der Waals surface area contributed by atoms with Gasteiger partial charge in [0.15, 0.2) is 5.78 Å². The van der Waals surface area contributed by atoms with Gasteiger partial charge in [-0.3, -0.25) is 9.20 Å². The quantitative estimate of drug-likeness (QED) is 0.360. The van der Waals surface area contributed by atoms with Gasteiger partial charge >= 0.3 is 6.03 Å². The molecule has 0 spiro atoms. The summed E-state index contributed by atoms with van der Waals surface area (Å²) in [5, 5.41) is 0.796. The number of benzene rings is 1. The van der Waals surface area contributed by atoms with E-state index in [4.69, 9.17) is 0 Å². The summed E-state index contributed by atoms with van der Waals surface area (Å²) in [6.07, 6.45) is 8.96. The molecule has 0 saturated carbocycles. The molecule has 4 aromatic rings. The summed E-state index contributed by atoms with van der Waals surface area (Å²) in [6, 6.07) is 8.90. The number of fused-ring (bicyclic) bond motifs is 1. The van der Waals surface area contributed by atoms with Gasteiger partial charge < -0.3 is 19.3 Å². The molecule has 1 aliphatic carbocycles. The molecule has 1 fully saturated rings. The molecule has 0 radical (unpaired) electrons. The molecule has 5 heterocycles. The van der Waals surface area contributed by atoms with Gasteiger partial charge in [-0.05, 0) is 80.7 Å². The molecule has 0 N–H and O–H groups in total. The third-order valence-electron chi connectivity index (χ3n) is 9.14. The zero-order chi connectivity index (χ0) is 28.2. The Labute approximate surface area is 238 Å². The summed E-state index contributed by atoms with van der Waals surface area (Å²) in [4.78, 5) is 37.3. The Morgan fingerprint density at radius 3 is 2.78 bits per heavy atom. The van der Waals surface area contributed by atoms with E-state index in [2.05, 4.69) is 27.7 Å². The molecule has 41 heavy (non-hydrogen) atoms. The van der Waals surface area contributed by atoms with Crippen LogP contribution in [0.4, 0.5) is 9.18 Å². The molecule has 0 bridgehead atoms. The largest absolute Gasteiger partial charge is 0.345 e. The minimum atomic E-state index is -0.332. The van der Waals surface area contributed by atoms with Crippen LogP contribution in [0.2, 0.25) is 0 Å². The summed E-state index contributed by atoms with van der Waals surface area (Å²) in [7, 11) is 4.03. The number of halogens is 1. The first-order valence-corrected chi connectivity index (χ1v) is 14.6. The van der Waals surface area contributed by atoms with Gasteiger partial charge in [0.05, 0.1) is 17.4 Å². The van der Waals surface area contributed by atoms with E-state index >= 15 is 4.39 Å². The van der Waals surface area contributed by atoms with Gasteiger partial charge in [0, 0.05) is 68.6 Å². The van der Waals surface area contributed by atoms with Crippen LogP contribution in [0.1, 0.15) is 42.5 Å². The van der Waals surface area contributed by atoms with Gasteiger partial charge in [0.2, 0.25) is 0 Å². The first-order valence-electron chi connectivity index (χ1n) is 14.6. The number of hydrogen-bond donors (Lipinski definition) is 0. The molecule has 2 aliphatic heterocycles. The summed E-state index contributed by atoms with van der Waals surface area (Å²) >= 11 is 0. The second-order valence-corrected chi connectivity index (χ2v) is 11.9. The monoisotopic (exact) mass is 554 g/mol. The van der Waals surface area contributed by atoms with Crippen molar-refractivity contribution >= 4 is 39.5 Å². The molecule has 7 rings (SSSR count). The molecule has 1 saturated heterocycles. The van der Waals surface area contributed by atoms with Crippen LogP contribution in [0.5, 0.6) is 0 Å². The highest BCUT2D eigenvalue weighted by Gasteiger charge is 2.32. The van der Waals surface area contributed by atoms with E-state index in [1.54, 1.807) is 18.3 Å². The number of imidazole rings is 1. The normalized spacial score (nSPS) is 18.6. The van der Waals surface area contributed by atoms with Crippen LogP contribution in [-0.4, -0.2) is 80.7 Å². The molecule has 3 aromatic heterocycles. The molecule has 9 heteroatoms. The Balaban J connectivity index is 1.23. The third-order valence-corrected chi connectivity index (χ3v) is 9.14. The molecular formula is C32H35FN6O2. The van der Waals surface area contributed by atoms with Crippen molar-refractivity contribution in [3.63, 3.8) is 0 Å². The lowest BCUT2D eigenvalue weighted by atomic mass is 9.97. The van der Waals surface area contributed by atoms with E-state index in [9.17, 15) is 9.59 Å². The van der Waals surface area contributed by atoms with E-state index in [-0.39, 0.29) is 17.6 Å². The third kappa shape index (κ3) is 4.52. The number of likely N-dealkylation sites (tertiary alicyclic amines) is 1. The van der Waals surface area contributed by atoms with E-state index in [1.807, 2.05) is 45.6 Å². The number of Topliss-reactive ketones (excluding diaryl/α,β-unsaturated/α-hetero) is 1. The fourth-order valence-electron chi connectivity index (χ4n) is 7.00. The maximum Gasteiger partial charge on any atom is 0.320 e. The Morgan fingerprint density at radius 1 is 1.12 bits per heavy atom. The number of urea groups is 1. The fraction of sp³-hybridized carbons (Fsp3) is 0.406. The van der Waals surface area contributed by atoms with Gasteiger partial charge in [0.25, 0.3) is 0 Å². The van der Waals surface area contributed by atoms with E-state index in [1.165, 1.54) is 0 Å². The molecule has 3 aliphatic rings. The average molecular weight is 555 g/mol. The van der Waals surface area contributed by atoms with Crippen LogP contribution in [0, 0.1) is 11.7 Å². The molecule has 2 amide bonds. The van der Waals surface area contributed by atoms with Crippen molar-refractivity contribution in [1.29, 1.82) is 0 Å². The number of pyridine rings is 1. The van der Waals surface area contributed by atoms with Crippen molar-refractivity contribution < 1.29 is 14.0 Å². The van der Waals surface area contributed by atoms with Crippen molar-refractivity contribution in [3.05, 3.63) is 71.6 Å². The lowest BCUT2D eigenvalue weighted by Gasteiger charge is -2.33. The van der Waals surface area contributed by atoms with Crippen molar-refractivity contribution in [2.24, 2.45) is 5.92 Å². The fourth-order valence-corrected chi connectivity index (χ4v) is 7.00. The average Bonchev–Trinajstić information content (AvgIpc) is 3.62. The van der Waals surface area contributed by atoms with Crippen LogP contribution >= 0.6 is 0 Å². The lowest BCUT2D eigenvalue weighted by Crippen LogP contribution is -2.44. The van der Waals surface area contributed by atoms with Crippen molar-refractivity contribution in [2.75, 3.05) is 40.3 Å². The molecular weight excluding hydrogens is 519 g/mol. The van der Waals surface area contributed by atoms with Crippen molar-refractivity contribution in [1.82, 2.24) is 28.7 Å². The smallest absolute Gasteiger partial charge is 0.320 e. The van der Waals surface area contributed by atoms with Crippen LogP contribution in [0.15, 0.2) is 48.9 Å². The van der Waals surface area contributed by atoms with Gasteiger partial charge in [-0.2, -0.15) is 0 Å². The number of allylic oxidation sites excluding steroid dienone is 2. The molecule has 0 atom stereocenters. The first kappa shape index (κ1) is 26.0. The molecule has 212 valence electrons. The second-order valence-electron chi connectivity index (χ2n) is 11.9. The van der Waals surface area contributed by atoms with E-state index in [0.29, 0.717) is 44.0 Å². The van der Waals surface area contributed by atoms with Gasteiger partial charge in [-0.25, -0.2) is 14.2 Å². The minimum absolute atomic E-state index is 0.00805. The number of rotatable bonds is 4. The van der Waals surface area contributed by atoms with Gasteiger partial charge in [-0.15, -0.1) is 0 Å². The highest BCUT2D eigenvalue weighted by atomic mass is 19.1. The van der Waals surface area contributed by atoms with Crippen molar-refractivity contribution in [3.8, 4) is 0 Å². The molecule has 1 aromatic carbocycles. The number of aromatic nitrogens is 3. The van der Waals surface area contributed by atoms with Crippen LogP contribution < -0.4 is 0 Å². The van der Waals surface area contributed by atoms with Crippen LogP contribution in [-0.2, 0) is 17.9 Å². The van der Waals surface area contributed by atoms with E-state index < -0.39 is 0 Å². The summed E-state index contributed by atoms with van der Waals surface area (Å²) in [6.45, 7) is 4.37. The van der Waals surface area contributed by atoms with Crippen molar-refractivity contribution in [2.45, 2.75) is 38.8 Å².